The van der Waals surface area contributed by atoms with Gasteiger partial charge in [-0.2, -0.15) is 0 Å². The summed E-state index contributed by atoms with van der Waals surface area (Å²) in [7, 11) is 6.04. The second-order valence-corrected chi connectivity index (χ2v) is 5.74. The largest absolute Gasteiger partial charge is 0.382 e. The third-order valence-corrected chi connectivity index (χ3v) is 3.74. The summed E-state index contributed by atoms with van der Waals surface area (Å²) >= 11 is 0. The van der Waals surface area contributed by atoms with Gasteiger partial charge >= 0.3 is 0 Å². The summed E-state index contributed by atoms with van der Waals surface area (Å²) in [6.07, 6.45) is 2.00. The molecule has 23 heavy (non-hydrogen) atoms. The van der Waals surface area contributed by atoms with Crippen LogP contribution in [0.3, 0.4) is 0 Å². The van der Waals surface area contributed by atoms with E-state index in [2.05, 4.69) is 65.0 Å². The third-order valence-electron chi connectivity index (χ3n) is 3.74. The van der Waals surface area contributed by atoms with Gasteiger partial charge < -0.3 is 20.3 Å². The molecular weight excluding hydrogens is 288 g/mol. The Bertz CT molecular complexity index is 434. The maximum atomic E-state index is 5.34. The highest BCUT2D eigenvalue weighted by Crippen LogP contribution is 2.06. The molecule has 5 nitrogen and oxygen atoms in total. The van der Waals surface area contributed by atoms with Crippen molar-refractivity contribution >= 4 is 5.96 Å². The van der Waals surface area contributed by atoms with E-state index in [1.807, 2.05) is 6.92 Å². The summed E-state index contributed by atoms with van der Waals surface area (Å²) in [5.41, 5.74) is 1.35. The monoisotopic (exact) mass is 320 g/mol. The van der Waals surface area contributed by atoms with Gasteiger partial charge in [0.05, 0.1) is 0 Å². The Kier molecular flexibility index (Phi) is 10.1. The zero-order chi connectivity index (χ0) is 16.9. The number of hydrogen-bond donors (Lipinski definition) is 2. The fourth-order valence-corrected chi connectivity index (χ4v) is 2.28. The second kappa shape index (κ2) is 11.9. The molecule has 0 aliphatic carbocycles. The second-order valence-electron chi connectivity index (χ2n) is 5.74. The van der Waals surface area contributed by atoms with Crippen molar-refractivity contribution in [3.8, 4) is 0 Å². The standard InChI is InChI=1S/C18H32N4O/c1-5-23-13-9-12-20-18(19-2)21-15-17(22(3)4)14-16-10-7-6-8-11-16/h6-8,10-11,17H,5,9,12-15H2,1-4H3,(H2,19,20,21). The lowest BCUT2D eigenvalue weighted by molar-refractivity contribution is 0.145. The summed E-state index contributed by atoms with van der Waals surface area (Å²) < 4.78 is 5.34. The van der Waals surface area contributed by atoms with Gasteiger partial charge in [0, 0.05) is 39.4 Å². The van der Waals surface area contributed by atoms with Gasteiger partial charge in [-0.1, -0.05) is 30.3 Å². The van der Waals surface area contributed by atoms with Crippen molar-refractivity contribution in [3.05, 3.63) is 35.9 Å². The van der Waals surface area contributed by atoms with E-state index >= 15 is 0 Å². The molecule has 1 unspecified atom stereocenters. The third kappa shape index (κ3) is 8.57. The lowest BCUT2D eigenvalue weighted by Gasteiger charge is -2.25. The highest BCUT2D eigenvalue weighted by molar-refractivity contribution is 5.79. The number of guanidine groups is 1. The molecule has 1 aromatic rings. The van der Waals surface area contributed by atoms with Crippen LogP contribution in [-0.2, 0) is 11.2 Å². The van der Waals surface area contributed by atoms with Crippen LogP contribution < -0.4 is 10.6 Å². The molecule has 0 saturated carbocycles. The zero-order valence-corrected chi connectivity index (χ0v) is 15.0. The highest BCUT2D eigenvalue weighted by Gasteiger charge is 2.12. The molecule has 0 saturated heterocycles. The lowest BCUT2D eigenvalue weighted by Crippen LogP contribution is -2.46. The summed E-state index contributed by atoms with van der Waals surface area (Å²) in [6, 6.07) is 11.0. The van der Waals surface area contributed by atoms with Crippen LogP contribution in [0, 0.1) is 0 Å². The van der Waals surface area contributed by atoms with Crippen LogP contribution in [0.4, 0.5) is 0 Å². The average molecular weight is 320 g/mol. The van der Waals surface area contributed by atoms with Gasteiger partial charge in [0.15, 0.2) is 5.96 Å². The fraction of sp³-hybridized carbons (Fsp3) is 0.611. The molecule has 0 aliphatic heterocycles. The number of hydrogen-bond acceptors (Lipinski definition) is 3. The van der Waals surface area contributed by atoms with Crippen molar-refractivity contribution in [1.82, 2.24) is 15.5 Å². The normalized spacial score (nSPS) is 13.2. The first-order valence-corrected chi connectivity index (χ1v) is 8.40. The van der Waals surface area contributed by atoms with E-state index in [1.54, 1.807) is 7.05 Å². The van der Waals surface area contributed by atoms with Crippen LogP contribution in [0.25, 0.3) is 0 Å². The molecule has 130 valence electrons. The van der Waals surface area contributed by atoms with Crippen LogP contribution in [-0.4, -0.2) is 64.3 Å². The van der Waals surface area contributed by atoms with Gasteiger partial charge in [-0.15, -0.1) is 0 Å². The molecule has 5 heteroatoms. The molecule has 0 fully saturated rings. The molecule has 0 heterocycles. The quantitative estimate of drug-likeness (QED) is 0.392. The molecule has 0 radical (unpaired) electrons. The van der Waals surface area contributed by atoms with Crippen LogP contribution in [0.1, 0.15) is 18.9 Å². The number of benzene rings is 1. The number of rotatable bonds is 10. The Morgan fingerprint density at radius 2 is 1.96 bits per heavy atom. The SMILES string of the molecule is CCOCCCNC(=NC)NCC(Cc1ccccc1)N(C)C. The van der Waals surface area contributed by atoms with Crippen LogP contribution in [0.5, 0.6) is 0 Å². The topological polar surface area (TPSA) is 48.9 Å². The summed E-state index contributed by atoms with van der Waals surface area (Å²) in [4.78, 5) is 6.53. The van der Waals surface area contributed by atoms with Crippen molar-refractivity contribution in [1.29, 1.82) is 0 Å². The molecule has 2 N–H and O–H groups in total. The molecule has 0 aromatic heterocycles. The van der Waals surface area contributed by atoms with E-state index in [4.69, 9.17) is 4.74 Å². The predicted octanol–water partition coefficient (Wildman–Crippen LogP) is 1.75. The first-order chi connectivity index (χ1) is 11.2. The summed E-state index contributed by atoms with van der Waals surface area (Å²) in [5.74, 6) is 0.849. The number of likely N-dealkylation sites (N-methyl/N-ethyl adjacent to an activating group) is 1. The van der Waals surface area contributed by atoms with Crippen LogP contribution in [0.15, 0.2) is 35.3 Å². The van der Waals surface area contributed by atoms with Gasteiger partial charge in [0.1, 0.15) is 0 Å². The van der Waals surface area contributed by atoms with Gasteiger partial charge in [-0.3, -0.25) is 4.99 Å². The maximum absolute atomic E-state index is 5.34. The smallest absolute Gasteiger partial charge is 0.191 e. The molecule has 0 bridgehead atoms. The lowest BCUT2D eigenvalue weighted by atomic mass is 10.1. The minimum absolute atomic E-state index is 0.416. The van der Waals surface area contributed by atoms with E-state index in [-0.39, 0.29) is 0 Å². The first kappa shape index (κ1) is 19.5. The zero-order valence-electron chi connectivity index (χ0n) is 15.0. The van der Waals surface area contributed by atoms with Gasteiger partial charge in [-0.05, 0) is 39.4 Å². The molecule has 0 amide bonds. The molecular formula is C18H32N4O. The first-order valence-electron chi connectivity index (χ1n) is 8.40. The summed E-state index contributed by atoms with van der Waals surface area (Å²) in [5, 5.41) is 6.75. The average Bonchev–Trinajstić information content (AvgIpc) is 2.56. The van der Waals surface area contributed by atoms with E-state index in [9.17, 15) is 0 Å². The van der Waals surface area contributed by atoms with E-state index in [1.165, 1.54) is 5.56 Å². The maximum Gasteiger partial charge on any atom is 0.191 e. The Labute approximate surface area is 141 Å². The fourth-order valence-electron chi connectivity index (χ4n) is 2.28. The molecule has 1 aromatic carbocycles. The Hall–Kier alpha value is -1.59. The Morgan fingerprint density at radius 3 is 2.57 bits per heavy atom. The predicted molar refractivity (Wildman–Crippen MR) is 98.1 cm³/mol. The number of aliphatic imine (C=N–C) groups is 1. The van der Waals surface area contributed by atoms with Gasteiger partial charge in [0.25, 0.3) is 0 Å². The van der Waals surface area contributed by atoms with Crippen molar-refractivity contribution in [2.24, 2.45) is 4.99 Å². The Morgan fingerprint density at radius 1 is 1.22 bits per heavy atom. The molecule has 1 rings (SSSR count). The van der Waals surface area contributed by atoms with Crippen molar-refractivity contribution in [2.75, 3.05) is 47.4 Å². The highest BCUT2D eigenvalue weighted by atomic mass is 16.5. The van der Waals surface area contributed by atoms with E-state index < -0.39 is 0 Å². The van der Waals surface area contributed by atoms with E-state index in [0.717, 1.165) is 45.1 Å². The molecule has 0 aliphatic rings. The minimum atomic E-state index is 0.416. The molecule has 1 atom stereocenters. The van der Waals surface area contributed by atoms with Crippen molar-refractivity contribution < 1.29 is 4.74 Å². The Balaban J connectivity index is 2.37. The van der Waals surface area contributed by atoms with E-state index in [0.29, 0.717) is 6.04 Å². The number of nitrogens with zero attached hydrogens (tertiary/aromatic N) is 2. The summed E-state index contributed by atoms with van der Waals surface area (Å²) in [6.45, 7) is 5.30. The van der Waals surface area contributed by atoms with Gasteiger partial charge in [-0.25, -0.2) is 0 Å². The van der Waals surface area contributed by atoms with Crippen LogP contribution >= 0.6 is 0 Å². The van der Waals surface area contributed by atoms with Crippen molar-refractivity contribution in [3.63, 3.8) is 0 Å². The van der Waals surface area contributed by atoms with Crippen molar-refractivity contribution in [2.45, 2.75) is 25.8 Å². The number of nitrogens with one attached hydrogen (secondary N) is 2. The minimum Gasteiger partial charge on any atom is -0.382 e. The molecule has 0 spiro atoms. The van der Waals surface area contributed by atoms with Crippen LogP contribution in [0.2, 0.25) is 0 Å². The number of ether oxygens (including phenoxy) is 1. The van der Waals surface area contributed by atoms with Gasteiger partial charge in [0.2, 0.25) is 0 Å².